The standard InChI is InChI=1S/C17H18N2S/c1-19(11-13-8-9-20-12-13)17-7-6-14(10-18)15-4-2-3-5-16(15)17/h2-9,12H,10-11,18H2,1H3. The van der Waals surface area contributed by atoms with Crippen LogP contribution in [0.5, 0.6) is 0 Å². The van der Waals surface area contributed by atoms with Crippen LogP contribution >= 0.6 is 11.3 Å². The number of hydrogen-bond donors (Lipinski definition) is 1. The highest BCUT2D eigenvalue weighted by Crippen LogP contribution is 2.29. The van der Waals surface area contributed by atoms with Crippen molar-refractivity contribution in [2.75, 3.05) is 11.9 Å². The molecule has 1 aromatic heterocycles. The zero-order valence-corrected chi connectivity index (χ0v) is 12.4. The maximum absolute atomic E-state index is 5.84. The Kier molecular flexibility index (Phi) is 3.72. The van der Waals surface area contributed by atoms with Crippen LogP contribution in [0.25, 0.3) is 10.8 Å². The lowest BCUT2D eigenvalue weighted by Crippen LogP contribution is -2.16. The summed E-state index contributed by atoms with van der Waals surface area (Å²) in [4.78, 5) is 2.30. The summed E-state index contributed by atoms with van der Waals surface area (Å²) in [5.41, 5.74) is 9.65. The van der Waals surface area contributed by atoms with Crippen molar-refractivity contribution in [3.05, 3.63) is 64.4 Å². The Morgan fingerprint density at radius 1 is 1.05 bits per heavy atom. The molecule has 0 aliphatic rings. The minimum absolute atomic E-state index is 0.578. The molecular weight excluding hydrogens is 264 g/mol. The summed E-state index contributed by atoms with van der Waals surface area (Å²) in [5.74, 6) is 0. The lowest BCUT2D eigenvalue weighted by molar-refractivity contribution is 0.932. The summed E-state index contributed by atoms with van der Waals surface area (Å²) in [7, 11) is 2.14. The molecule has 2 aromatic carbocycles. The van der Waals surface area contributed by atoms with Crippen molar-refractivity contribution in [2.45, 2.75) is 13.1 Å². The van der Waals surface area contributed by atoms with Crippen LogP contribution in [0, 0.1) is 0 Å². The van der Waals surface area contributed by atoms with E-state index in [4.69, 9.17) is 5.73 Å². The molecule has 0 atom stereocenters. The van der Waals surface area contributed by atoms with Gasteiger partial charge in [-0.1, -0.05) is 30.3 Å². The molecule has 0 unspecified atom stereocenters. The van der Waals surface area contributed by atoms with Gasteiger partial charge < -0.3 is 10.6 Å². The molecule has 0 bridgehead atoms. The first kappa shape index (κ1) is 13.2. The minimum atomic E-state index is 0.578. The van der Waals surface area contributed by atoms with Crippen molar-refractivity contribution in [3.63, 3.8) is 0 Å². The van der Waals surface area contributed by atoms with E-state index in [9.17, 15) is 0 Å². The number of thiophene rings is 1. The summed E-state index contributed by atoms with van der Waals surface area (Å²) in [6, 6.07) is 15.0. The van der Waals surface area contributed by atoms with Crippen LogP contribution in [0.2, 0.25) is 0 Å². The van der Waals surface area contributed by atoms with Crippen LogP contribution in [0.15, 0.2) is 53.2 Å². The van der Waals surface area contributed by atoms with Gasteiger partial charge in [-0.3, -0.25) is 0 Å². The highest BCUT2D eigenvalue weighted by molar-refractivity contribution is 7.07. The third-order valence-electron chi connectivity index (χ3n) is 3.62. The molecule has 2 nitrogen and oxygen atoms in total. The first-order valence-electron chi connectivity index (χ1n) is 6.72. The summed E-state index contributed by atoms with van der Waals surface area (Å²) in [6.07, 6.45) is 0. The van der Waals surface area contributed by atoms with Crippen molar-refractivity contribution in [3.8, 4) is 0 Å². The Balaban J connectivity index is 2.03. The number of anilines is 1. The predicted octanol–water partition coefficient (Wildman–Crippen LogP) is 4.00. The average Bonchev–Trinajstić information content (AvgIpc) is 2.99. The Morgan fingerprint density at radius 2 is 1.85 bits per heavy atom. The van der Waals surface area contributed by atoms with Crippen LogP contribution in [-0.2, 0) is 13.1 Å². The number of rotatable bonds is 4. The van der Waals surface area contributed by atoms with Gasteiger partial charge in [0.2, 0.25) is 0 Å². The topological polar surface area (TPSA) is 29.3 Å². The first-order chi connectivity index (χ1) is 9.79. The van der Waals surface area contributed by atoms with E-state index >= 15 is 0 Å². The zero-order valence-electron chi connectivity index (χ0n) is 11.5. The van der Waals surface area contributed by atoms with Gasteiger partial charge in [-0.15, -0.1) is 0 Å². The summed E-state index contributed by atoms with van der Waals surface area (Å²) >= 11 is 1.74. The molecule has 2 N–H and O–H groups in total. The fourth-order valence-corrected chi connectivity index (χ4v) is 3.26. The van der Waals surface area contributed by atoms with Crippen molar-refractivity contribution in [1.82, 2.24) is 0 Å². The molecule has 0 aliphatic carbocycles. The highest BCUT2D eigenvalue weighted by Gasteiger charge is 2.09. The molecule has 3 heteroatoms. The second-order valence-corrected chi connectivity index (χ2v) is 5.76. The summed E-state index contributed by atoms with van der Waals surface area (Å²) in [5, 5.41) is 6.85. The number of fused-ring (bicyclic) bond motifs is 1. The molecule has 0 fully saturated rings. The minimum Gasteiger partial charge on any atom is -0.370 e. The first-order valence-corrected chi connectivity index (χ1v) is 7.67. The van der Waals surface area contributed by atoms with Gasteiger partial charge in [-0.05, 0) is 39.4 Å². The predicted molar refractivity (Wildman–Crippen MR) is 88.3 cm³/mol. The third kappa shape index (κ3) is 2.42. The van der Waals surface area contributed by atoms with Gasteiger partial charge in [0.05, 0.1) is 0 Å². The van der Waals surface area contributed by atoms with Crippen LogP contribution in [-0.4, -0.2) is 7.05 Å². The smallest absolute Gasteiger partial charge is 0.0446 e. The van der Waals surface area contributed by atoms with Crippen molar-refractivity contribution < 1.29 is 0 Å². The molecule has 0 spiro atoms. The normalized spacial score (nSPS) is 10.9. The molecule has 0 radical (unpaired) electrons. The molecule has 0 saturated heterocycles. The molecule has 0 saturated carbocycles. The maximum atomic E-state index is 5.84. The summed E-state index contributed by atoms with van der Waals surface area (Å²) in [6.45, 7) is 1.50. The van der Waals surface area contributed by atoms with E-state index in [0.29, 0.717) is 6.54 Å². The monoisotopic (exact) mass is 282 g/mol. The number of benzene rings is 2. The lowest BCUT2D eigenvalue weighted by Gasteiger charge is -2.21. The van der Waals surface area contributed by atoms with E-state index in [1.54, 1.807) is 11.3 Å². The number of hydrogen-bond acceptors (Lipinski definition) is 3. The Labute approximate surface area is 123 Å². The van der Waals surface area contributed by atoms with Gasteiger partial charge in [-0.25, -0.2) is 0 Å². The van der Waals surface area contributed by atoms with Gasteiger partial charge in [0.15, 0.2) is 0 Å². The van der Waals surface area contributed by atoms with Gasteiger partial charge in [0, 0.05) is 31.2 Å². The van der Waals surface area contributed by atoms with Crippen LogP contribution in [0.1, 0.15) is 11.1 Å². The van der Waals surface area contributed by atoms with Crippen LogP contribution in [0.4, 0.5) is 5.69 Å². The van der Waals surface area contributed by atoms with E-state index in [-0.39, 0.29) is 0 Å². The molecule has 20 heavy (non-hydrogen) atoms. The molecule has 0 amide bonds. The largest absolute Gasteiger partial charge is 0.370 e. The van der Waals surface area contributed by atoms with Crippen molar-refractivity contribution >= 4 is 27.8 Å². The second-order valence-electron chi connectivity index (χ2n) is 4.98. The van der Waals surface area contributed by atoms with Crippen LogP contribution in [0.3, 0.4) is 0 Å². The zero-order chi connectivity index (χ0) is 13.9. The van der Waals surface area contributed by atoms with E-state index in [2.05, 4.69) is 65.2 Å². The van der Waals surface area contributed by atoms with Gasteiger partial charge in [0.25, 0.3) is 0 Å². The Bertz CT molecular complexity index is 704. The van der Waals surface area contributed by atoms with Gasteiger partial charge in [-0.2, -0.15) is 11.3 Å². The Morgan fingerprint density at radius 3 is 2.55 bits per heavy atom. The second kappa shape index (κ2) is 5.65. The van der Waals surface area contributed by atoms with Gasteiger partial charge in [0.1, 0.15) is 0 Å². The molecule has 0 aliphatic heterocycles. The summed E-state index contributed by atoms with van der Waals surface area (Å²) < 4.78 is 0. The molecule has 102 valence electrons. The van der Waals surface area contributed by atoms with E-state index in [1.165, 1.54) is 27.6 Å². The van der Waals surface area contributed by atoms with Crippen molar-refractivity contribution in [1.29, 1.82) is 0 Å². The van der Waals surface area contributed by atoms with Gasteiger partial charge >= 0.3 is 0 Å². The Hall–Kier alpha value is -1.84. The average molecular weight is 282 g/mol. The molecular formula is C17H18N2S. The highest BCUT2D eigenvalue weighted by atomic mass is 32.1. The quantitative estimate of drug-likeness (QED) is 0.784. The lowest BCUT2D eigenvalue weighted by atomic mass is 10.0. The van der Waals surface area contributed by atoms with Crippen molar-refractivity contribution in [2.24, 2.45) is 5.73 Å². The van der Waals surface area contributed by atoms with E-state index in [0.717, 1.165) is 6.54 Å². The fraction of sp³-hybridized carbons (Fsp3) is 0.176. The molecule has 3 rings (SSSR count). The van der Waals surface area contributed by atoms with E-state index in [1.807, 2.05) is 0 Å². The fourth-order valence-electron chi connectivity index (χ4n) is 2.60. The molecule has 1 heterocycles. The van der Waals surface area contributed by atoms with Crippen LogP contribution < -0.4 is 10.6 Å². The van der Waals surface area contributed by atoms with E-state index < -0.39 is 0 Å². The molecule has 3 aromatic rings. The number of nitrogens with zero attached hydrogens (tertiary/aromatic N) is 1. The maximum Gasteiger partial charge on any atom is 0.0446 e. The number of nitrogens with two attached hydrogens (primary N) is 1. The third-order valence-corrected chi connectivity index (χ3v) is 4.35. The SMILES string of the molecule is CN(Cc1ccsc1)c1ccc(CN)c2ccccc12.